The van der Waals surface area contributed by atoms with Crippen molar-refractivity contribution in [3.05, 3.63) is 51.8 Å². The third kappa shape index (κ3) is 3.39. The van der Waals surface area contributed by atoms with Crippen LogP contribution in [0, 0.1) is 18.3 Å². The summed E-state index contributed by atoms with van der Waals surface area (Å²) in [5, 5.41) is 11.7. The third-order valence-electron chi connectivity index (χ3n) is 4.06. The molecule has 0 spiro atoms. The van der Waals surface area contributed by atoms with Gasteiger partial charge in [-0.15, -0.1) is 0 Å². The molecule has 0 saturated heterocycles. The standard InChI is InChI=1S/C18H15BrN4O3/c1-10-3-5-12(21-16(10)19)17(24)22-13-9-26-15-7-11(8-20)4-6-14(15)23(2)18(13)25/h3-7,13H,9H2,1-2H3,(H,22,24). The lowest BCUT2D eigenvalue weighted by Gasteiger charge is -2.20. The van der Waals surface area contributed by atoms with E-state index in [4.69, 9.17) is 10.00 Å². The van der Waals surface area contributed by atoms with Crippen molar-refractivity contribution in [1.82, 2.24) is 10.3 Å². The van der Waals surface area contributed by atoms with E-state index in [1.54, 1.807) is 37.4 Å². The minimum absolute atomic E-state index is 0.0379. The van der Waals surface area contributed by atoms with Crippen molar-refractivity contribution in [3.8, 4) is 11.8 Å². The number of nitrogens with one attached hydrogen (secondary N) is 1. The number of nitrogens with zero attached hydrogens (tertiary/aromatic N) is 3. The lowest BCUT2D eigenvalue weighted by Crippen LogP contribution is -2.49. The van der Waals surface area contributed by atoms with Gasteiger partial charge in [0.1, 0.15) is 28.7 Å². The van der Waals surface area contributed by atoms with Crippen LogP contribution >= 0.6 is 15.9 Å². The largest absolute Gasteiger partial charge is 0.489 e. The van der Waals surface area contributed by atoms with Crippen molar-refractivity contribution in [2.24, 2.45) is 0 Å². The molecular formula is C18H15BrN4O3. The van der Waals surface area contributed by atoms with Gasteiger partial charge in [0.15, 0.2) is 0 Å². The summed E-state index contributed by atoms with van der Waals surface area (Å²) in [6.45, 7) is 1.83. The van der Waals surface area contributed by atoms with E-state index in [9.17, 15) is 9.59 Å². The number of amides is 2. The summed E-state index contributed by atoms with van der Waals surface area (Å²) >= 11 is 3.29. The Morgan fingerprint density at radius 1 is 1.42 bits per heavy atom. The molecule has 2 amide bonds. The Kier molecular flexibility index (Phi) is 4.91. The molecular weight excluding hydrogens is 400 g/mol. The summed E-state index contributed by atoms with van der Waals surface area (Å²) < 4.78 is 6.24. The van der Waals surface area contributed by atoms with Crippen LogP contribution in [-0.2, 0) is 4.79 Å². The van der Waals surface area contributed by atoms with Crippen LogP contribution in [0.1, 0.15) is 21.6 Å². The SMILES string of the molecule is Cc1ccc(C(=O)NC2COc3cc(C#N)ccc3N(C)C2=O)nc1Br. The Balaban J connectivity index is 1.82. The van der Waals surface area contributed by atoms with E-state index in [1.807, 2.05) is 13.0 Å². The number of aryl methyl sites for hydroxylation is 1. The first kappa shape index (κ1) is 17.9. The van der Waals surface area contributed by atoms with Gasteiger partial charge in [-0.1, -0.05) is 6.07 Å². The van der Waals surface area contributed by atoms with Crippen LogP contribution in [0.25, 0.3) is 0 Å². The second-order valence-corrected chi connectivity index (χ2v) is 6.58. The van der Waals surface area contributed by atoms with E-state index < -0.39 is 11.9 Å². The minimum atomic E-state index is -0.868. The van der Waals surface area contributed by atoms with E-state index in [2.05, 4.69) is 26.2 Å². The minimum Gasteiger partial charge on any atom is -0.489 e. The highest BCUT2D eigenvalue weighted by atomic mass is 79.9. The van der Waals surface area contributed by atoms with E-state index in [0.29, 0.717) is 21.6 Å². The zero-order valence-electron chi connectivity index (χ0n) is 14.1. The summed E-state index contributed by atoms with van der Waals surface area (Å²) in [4.78, 5) is 30.7. The molecule has 0 bridgehead atoms. The van der Waals surface area contributed by atoms with Gasteiger partial charge in [-0.2, -0.15) is 5.26 Å². The average Bonchev–Trinajstić information content (AvgIpc) is 2.75. The zero-order valence-corrected chi connectivity index (χ0v) is 15.7. The molecule has 2 heterocycles. The topological polar surface area (TPSA) is 95.3 Å². The second kappa shape index (κ2) is 7.14. The van der Waals surface area contributed by atoms with Gasteiger partial charge in [-0.05, 0) is 46.6 Å². The van der Waals surface area contributed by atoms with Crippen LogP contribution in [-0.4, -0.2) is 36.5 Å². The summed E-state index contributed by atoms with van der Waals surface area (Å²) in [6.07, 6.45) is 0. The lowest BCUT2D eigenvalue weighted by atomic mass is 10.2. The summed E-state index contributed by atoms with van der Waals surface area (Å²) in [6, 6.07) is 9.35. The first-order valence-electron chi connectivity index (χ1n) is 7.79. The number of carbonyl (C=O) groups excluding carboxylic acids is 2. The number of anilines is 1. The predicted octanol–water partition coefficient (Wildman–Crippen LogP) is 2.18. The van der Waals surface area contributed by atoms with Crippen LogP contribution in [0.2, 0.25) is 0 Å². The maximum absolute atomic E-state index is 12.7. The molecule has 1 aromatic carbocycles. The maximum Gasteiger partial charge on any atom is 0.270 e. The third-order valence-corrected chi connectivity index (χ3v) is 4.86. The van der Waals surface area contributed by atoms with Crippen LogP contribution in [0.4, 0.5) is 5.69 Å². The number of nitriles is 1. The molecule has 132 valence electrons. The van der Waals surface area contributed by atoms with Crippen LogP contribution < -0.4 is 15.0 Å². The van der Waals surface area contributed by atoms with E-state index in [-0.39, 0.29) is 18.2 Å². The number of aromatic nitrogens is 1. The molecule has 1 N–H and O–H groups in total. The van der Waals surface area contributed by atoms with Crippen molar-refractivity contribution in [1.29, 1.82) is 5.26 Å². The smallest absolute Gasteiger partial charge is 0.270 e. The van der Waals surface area contributed by atoms with Crippen molar-refractivity contribution in [2.75, 3.05) is 18.6 Å². The quantitative estimate of drug-likeness (QED) is 0.759. The fourth-order valence-electron chi connectivity index (χ4n) is 2.54. The number of likely N-dealkylation sites (N-methyl/N-ethyl adjacent to an activating group) is 1. The van der Waals surface area contributed by atoms with E-state index >= 15 is 0 Å². The van der Waals surface area contributed by atoms with Crippen molar-refractivity contribution in [3.63, 3.8) is 0 Å². The molecule has 1 aromatic heterocycles. The van der Waals surface area contributed by atoms with Gasteiger partial charge in [0, 0.05) is 13.1 Å². The van der Waals surface area contributed by atoms with Crippen molar-refractivity contribution in [2.45, 2.75) is 13.0 Å². The first-order chi connectivity index (χ1) is 12.4. The fraction of sp³-hybridized carbons (Fsp3) is 0.222. The van der Waals surface area contributed by atoms with Crippen molar-refractivity contribution < 1.29 is 14.3 Å². The average molecular weight is 415 g/mol. The molecule has 1 aliphatic rings. The molecule has 1 unspecified atom stereocenters. The summed E-state index contributed by atoms with van der Waals surface area (Å²) in [5.74, 6) is -0.356. The van der Waals surface area contributed by atoms with Gasteiger partial charge >= 0.3 is 0 Å². The Labute approximate surface area is 158 Å². The molecule has 8 heteroatoms. The molecule has 1 aliphatic heterocycles. The number of ether oxygens (including phenoxy) is 1. The Bertz CT molecular complexity index is 939. The molecule has 0 fully saturated rings. The molecule has 0 aliphatic carbocycles. The summed E-state index contributed by atoms with van der Waals surface area (Å²) in [5.41, 5.74) is 2.08. The molecule has 3 rings (SSSR count). The lowest BCUT2D eigenvalue weighted by molar-refractivity contribution is -0.120. The Morgan fingerprint density at radius 2 is 2.19 bits per heavy atom. The highest BCUT2D eigenvalue weighted by Crippen LogP contribution is 2.31. The highest BCUT2D eigenvalue weighted by Gasteiger charge is 2.31. The van der Waals surface area contributed by atoms with Crippen LogP contribution in [0.3, 0.4) is 0 Å². The highest BCUT2D eigenvalue weighted by molar-refractivity contribution is 9.10. The van der Waals surface area contributed by atoms with Gasteiger partial charge in [0.25, 0.3) is 11.8 Å². The number of rotatable bonds is 2. The van der Waals surface area contributed by atoms with Crippen LogP contribution in [0.15, 0.2) is 34.9 Å². The number of pyridine rings is 1. The van der Waals surface area contributed by atoms with Gasteiger partial charge in [-0.3, -0.25) is 9.59 Å². The monoisotopic (exact) mass is 414 g/mol. The molecule has 2 aromatic rings. The molecule has 0 radical (unpaired) electrons. The Morgan fingerprint density at radius 3 is 2.88 bits per heavy atom. The molecule has 0 saturated carbocycles. The second-order valence-electron chi connectivity index (χ2n) is 5.83. The normalized spacial score (nSPS) is 16.2. The zero-order chi connectivity index (χ0) is 18.8. The van der Waals surface area contributed by atoms with Crippen LogP contribution in [0.5, 0.6) is 5.75 Å². The van der Waals surface area contributed by atoms with Gasteiger partial charge < -0.3 is 15.0 Å². The van der Waals surface area contributed by atoms with Gasteiger partial charge in [0.2, 0.25) is 0 Å². The number of benzene rings is 1. The van der Waals surface area contributed by atoms with E-state index in [0.717, 1.165) is 5.56 Å². The fourth-order valence-corrected chi connectivity index (χ4v) is 2.86. The predicted molar refractivity (Wildman–Crippen MR) is 98.0 cm³/mol. The summed E-state index contributed by atoms with van der Waals surface area (Å²) in [7, 11) is 1.60. The number of hydrogen-bond donors (Lipinski definition) is 1. The first-order valence-corrected chi connectivity index (χ1v) is 8.58. The molecule has 7 nitrogen and oxygen atoms in total. The van der Waals surface area contributed by atoms with Gasteiger partial charge in [-0.25, -0.2) is 4.98 Å². The van der Waals surface area contributed by atoms with Gasteiger partial charge in [0.05, 0.1) is 17.3 Å². The van der Waals surface area contributed by atoms with Crippen molar-refractivity contribution >= 4 is 33.4 Å². The number of hydrogen-bond acceptors (Lipinski definition) is 5. The number of halogens is 1. The number of fused-ring (bicyclic) bond motifs is 1. The molecule has 26 heavy (non-hydrogen) atoms. The van der Waals surface area contributed by atoms with E-state index in [1.165, 1.54) is 4.90 Å². The maximum atomic E-state index is 12.7. The molecule has 1 atom stereocenters. The number of carbonyl (C=O) groups is 2. The Hall–Kier alpha value is -2.92.